The van der Waals surface area contributed by atoms with Crippen molar-refractivity contribution in [3.63, 3.8) is 0 Å². The van der Waals surface area contributed by atoms with E-state index in [-0.39, 0.29) is 0 Å². The van der Waals surface area contributed by atoms with E-state index in [9.17, 15) is 8.63 Å². The Balaban J connectivity index is 2.47. The summed E-state index contributed by atoms with van der Waals surface area (Å²) in [5.74, 6) is 0. The van der Waals surface area contributed by atoms with Gasteiger partial charge in [-0.25, -0.2) is 0 Å². The van der Waals surface area contributed by atoms with Gasteiger partial charge >= 0.3 is 7.40 Å². The number of hydrogen-bond acceptors (Lipinski definition) is 2. The second-order valence-electron chi connectivity index (χ2n) is 7.15. The first kappa shape index (κ1) is 20.2. The van der Waals surface area contributed by atoms with Crippen molar-refractivity contribution in [2.75, 3.05) is 0 Å². The summed E-state index contributed by atoms with van der Waals surface area (Å²) < 4.78 is 29.5. The van der Waals surface area contributed by atoms with Crippen LogP contribution in [0.15, 0.2) is 46.4 Å². The van der Waals surface area contributed by atoms with Gasteiger partial charge in [0.2, 0.25) is 0 Å². The van der Waals surface area contributed by atoms with Crippen LogP contribution in [0.5, 0.6) is 0 Å². The molecule has 0 aromatic carbocycles. The Morgan fingerprint density at radius 2 is 1.68 bits per heavy atom. The number of hydrogen-bond donors (Lipinski definition) is 0. The minimum atomic E-state index is -2.62. The zero-order valence-electron chi connectivity index (χ0n) is 17.4. The van der Waals surface area contributed by atoms with Crippen molar-refractivity contribution in [1.29, 1.82) is 0 Å². The molecule has 2 aromatic heterocycles. The third-order valence-electron chi connectivity index (χ3n) is 5.72. The van der Waals surface area contributed by atoms with E-state index < -0.39 is 7.40 Å². The zero-order valence-corrected chi connectivity index (χ0v) is 17.4. The quantitative estimate of drug-likeness (QED) is 0.603. The van der Waals surface area contributed by atoms with Gasteiger partial charge in [0, 0.05) is 35.1 Å². The van der Waals surface area contributed by atoms with E-state index in [0.29, 0.717) is 17.8 Å². The van der Waals surface area contributed by atoms with Crippen LogP contribution in [-0.4, -0.2) is 22.6 Å². The Morgan fingerprint density at radius 1 is 1.04 bits per heavy atom. The number of rotatable bonds is 5. The number of aromatic nitrogens is 2. The molecule has 0 atom stereocenters. The molecule has 0 spiro atoms. The number of allylic oxidation sites excluding steroid dienone is 2. The molecule has 0 unspecified atom stereocenters. The lowest BCUT2D eigenvalue weighted by molar-refractivity contribution is 0.623. The summed E-state index contributed by atoms with van der Waals surface area (Å²) >= 11 is 0. The molecule has 0 amide bonds. The predicted octanol–water partition coefficient (Wildman–Crippen LogP) is 5.79. The molecule has 1 aliphatic rings. The average Bonchev–Trinajstić information content (AvgIpc) is 3.09. The third-order valence-corrected chi connectivity index (χ3v) is 5.72. The summed E-state index contributed by atoms with van der Waals surface area (Å²) in [7, 11) is -2.62. The van der Waals surface area contributed by atoms with E-state index in [4.69, 9.17) is 4.99 Å². The van der Waals surface area contributed by atoms with Gasteiger partial charge in [-0.15, -0.1) is 0 Å². The van der Waals surface area contributed by atoms with Crippen molar-refractivity contribution in [3.8, 4) is 0 Å². The minimum Gasteiger partial charge on any atom is -0.329 e. The van der Waals surface area contributed by atoms with Gasteiger partial charge in [-0.1, -0.05) is 13.8 Å². The SMILES string of the molecule is CCC1=C(C)/C(=C(\c2ccncc2)c2c(C)c(CC)c(C)n2B(F)F)N=C1C. The highest BCUT2D eigenvalue weighted by atomic mass is 19.2. The highest BCUT2D eigenvalue weighted by Crippen LogP contribution is 2.40. The Kier molecular flexibility index (Phi) is 5.68. The molecule has 0 aliphatic carbocycles. The topological polar surface area (TPSA) is 30.2 Å². The molecule has 28 heavy (non-hydrogen) atoms. The number of halogens is 2. The Bertz CT molecular complexity index is 999. The smallest absolute Gasteiger partial charge is 0.329 e. The zero-order chi connectivity index (χ0) is 20.6. The van der Waals surface area contributed by atoms with Crippen molar-refractivity contribution in [2.45, 2.75) is 54.4 Å². The maximum Gasteiger partial charge on any atom is 0.677 e. The van der Waals surface area contributed by atoms with Crippen molar-refractivity contribution in [1.82, 2.24) is 9.46 Å². The molecule has 0 bridgehead atoms. The van der Waals surface area contributed by atoms with Crippen LogP contribution in [0.2, 0.25) is 0 Å². The second kappa shape index (κ2) is 7.86. The molecule has 3 rings (SSSR count). The summed E-state index contributed by atoms with van der Waals surface area (Å²) in [6, 6.07) is 3.74. The summed E-state index contributed by atoms with van der Waals surface area (Å²) in [5.41, 5.74) is 8.63. The molecule has 0 fully saturated rings. The molecule has 2 aromatic rings. The van der Waals surface area contributed by atoms with Crippen LogP contribution in [0, 0.1) is 13.8 Å². The van der Waals surface area contributed by atoms with Gasteiger partial charge in [0.1, 0.15) is 0 Å². The second-order valence-corrected chi connectivity index (χ2v) is 7.15. The molecule has 3 nitrogen and oxygen atoms in total. The monoisotopic (exact) mass is 381 g/mol. The standard InChI is InChI=1S/C22H26BF2N3/c1-7-18-13(3)21(27-15(18)5)20(17-9-11-26-12-10-17)22-14(4)19(8-2)16(6)28(22)23(24)25/h9-12H,7-8H2,1-6H3/b21-20-. The van der Waals surface area contributed by atoms with Crippen molar-refractivity contribution >= 4 is 18.7 Å². The lowest BCUT2D eigenvalue weighted by Crippen LogP contribution is -2.18. The van der Waals surface area contributed by atoms with Crippen LogP contribution in [0.3, 0.4) is 0 Å². The van der Waals surface area contributed by atoms with E-state index in [1.807, 2.05) is 39.8 Å². The van der Waals surface area contributed by atoms with Gasteiger partial charge in [-0.05, 0) is 80.5 Å². The molecule has 0 saturated heterocycles. The van der Waals surface area contributed by atoms with Gasteiger partial charge in [0.15, 0.2) is 0 Å². The highest BCUT2D eigenvalue weighted by Gasteiger charge is 2.32. The fourth-order valence-electron chi connectivity index (χ4n) is 4.38. The van der Waals surface area contributed by atoms with Crippen LogP contribution < -0.4 is 0 Å². The van der Waals surface area contributed by atoms with E-state index in [1.165, 1.54) is 10.1 Å². The van der Waals surface area contributed by atoms with E-state index in [1.54, 1.807) is 19.3 Å². The largest absolute Gasteiger partial charge is 0.677 e. The molecular formula is C22H26BF2N3. The third kappa shape index (κ3) is 3.15. The summed E-state index contributed by atoms with van der Waals surface area (Å²) in [6.07, 6.45) is 4.96. The molecular weight excluding hydrogens is 355 g/mol. The summed E-state index contributed by atoms with van der Waals surface area (Å²) in [5, 5.41) is 0. The van der Waals surface area contributed by atoms with Crippen molar-refractivity contribution < 1.29 is 8.63 Å². The Morgan fingerprint density at radius 3 is 2.18 bits per heavy atom. The van der Waals surface area contributed by atoms with Gasteiger partial charge in [0.05, 0.1) is 5.70 Å². The van der Waals surface area contributed by atoms with Crippen LogP contribution >= 0.6 is 0 Å². The molecule has 6 heteroatoms. The van der Waals surface area contributed by atoms with Crippen molar-refractivity contribution in [2.24, 2.45) is 4.99 Å². The average molecular weight is 381 g/mol. The van der Waals surface area contributed by atoms with Gasteiger partial charge in [-0.3, -0.25) is 18.6 Å². The molecule has 146 valence electrons. The van der Waals surface area contributed by atoms with Crippen LogP contribution in [0.25, 0.3) is 5.57 Å². The van der Waals surface area contributed by atoms with Crippen LogP contribution in [-0.2, 0) is 6.42 Å². The first-order chi connectivity index (χ1) is 13.3. The lowest BCUT2D eigenvalue weighted by atomic mass is 9.93. The van der Waals surface area contributed by atoms with E-state index >= 15 is 0 Å². The molecule has 0 radical (unpaired) electrons. The molecule has 1 aliphatic heterocycles. The predicted molar refractivity (Wildman–Crippen MR) is 113 cm³/mol. The fraction of sp³-hybridized carbons (Fsp3) is 0.364. The maximum atomic E-state index is 14.2. The number of nitrogens with zero attached hydrogens (tertiary/aromatic N) is 3. The Hall–Kier alpha value is -2.50. The molecule has 3 heterocycles. The van der Waals surface area contributed by atoms with Gasteiger partial charge in [0.25, 0.3) is 0 Å². The highest BCUT2D eigenvalue weighted by molar-refractivity contribution is 6.41. The molecule has 0 N–H and O–H groups in total. The summed E-state index contributed by atoms with van der Waals surface area (Å²) in [6.45, 7) is 11.8. The van der Waals surface area contributed by atoms with E-state index in [2.05, 4.69) is 11.9 Å². The summed E-state index contributed by atoms with van der Waals surface area (Å²) in [4.78, 5) is 8.93. The first-order valence-corrected chi connectivity index (χ1v) is 9.72. The first-order valence-electron chi connectivity index (χ1n) is 9.72. The lowest BCUT2D eigenvalue weighted by Gasteiger charge is -2.16. The van der Waals surface area contributed by atoms with Crippen molar-refractivity contribution in [3.05, 3.63) is 69.4 Å². The molecule has 0 saturated carbocycles. The van der Waals surface area contributed by atoms with Gasteiger partial charge in [-0.2, -0.15) is 0 Å². The number of pyridine rings is 1. The van der Waals surface area contributed by atoms with Gasteiger partial charge < -0.3 is 4.48 Å². The fourth-order valence-corrected chi connectivity index (χ4v) is 4.38. The number of aliphatic imine (C=N–C) groups is 1. The Labute approximate surface area is 166 Å². The maximum absolute atomic E-state index is 14.2. The van der Waals surface area contributed by atoms with Crippen LogP contribution in [0.4, 0.5) is 8.63 Å². The van der Waals surface area contributed by atoms with Crippen LogP contribution in [0.1, 0.15) is 62.2 Å². The van der Waals surface area contributed by atoms with E-state index in [0.717, 1.165) is 45.7 Å². The minimum absolute atomic E-state index is 0.554. The normalized spacial score (nSPS) is 15.9.